The first-order valence-corrected chi connectivity index (χ1v) is 31.5. The van der Waals surface area contributed by atoms with Crippen molar-refractivity contribution in [2.45, 2.75) is 276 Å². The van der Waals surface area contributed by atoms with Crippen LogP contribution in [-0.4, -0.2) is 89.2 Å². The van der Waals surface area contributed by atoms with Gasteiger partial charge >= 0.3 is 23.9 Å². The van der Waals surface area contributed by atoms with E-state index < -0.39 is 67.3 Å². The predicted octanol–water partition coefficient (Wildman–Crippen LogP) is 16.8. The third kappa shape index (κ3) is 45.3. The number of carboxylic acid groups (broad SMARTS) is 1. The summed E-state index contributed by atoms with van der Waals surface area (Å²) in [7, 11) is 0. The number of carbonyl (C=O) groups is 4. The summed E-state index contributed by atoms with van der Waals surface area (Å²) in [4.78, 5) is 51.2. The SMILES string of the molecule is CC/C=C\C/C=C\C/C=C\C/C=C\C/C=C\C/C=C\CCC(=O)OCC(COC1OC(C(=O)O)C(O)C(O)C1OC(=O)CCCCCCC/C=C\C/C=C\CCCCC)OC(=O)CCCCCCCCC/C=C\C/C=C\CCCCC. The molecule has 81 heavy (non-hydrogen) atoms. The molecule has 0 aromatic carbocycles. The number of allylic oxidation sites excluding steroid dienone is 20. The van der Waals surface area contributed by atoms with Crippen LogP contribution in [0.5, 0.6) is 0 Å². The summed E-state index contributed by atoms with van der Waals surface area (Å²) in [6.45, 7) is 5.75. The van der Waals surface area contributed by atoms with Crippen LogP contribution in [0, 0.1) is 0 Å². The number of hydrogen-bond acceptors (Lipinski definition) is 11. The first-order chi connectivity index (χ1) is 39.6. The fourth-order valence-corrected chi connectivity index (χ4v) is 8.69. The number of unbranched alkanes of at least 4 members (excludes halogenated alkanes) is 18. The molecule has 0 aromatic heterocycles. The van der Waals surface area contributed by atoms with Gasteiger partial charge in [-0.2, -0.15) is 0 Å². The van der Waals surface area contributed by atoms with Crippen LogP contribution >= 0.6 is 0 Å². The summed E-state index contributed by atoms with van der Waals surface area (Å²) in [5.74, 6) is -3.27. The molecule has 3 N–H and O–H groups in total. The Morgan fingerprint density at radius 2 is 0.802 bits per heavy atom. The average molecular weight is 1130 g/mol. The number of esters is 3. The normalized spacial score (nSPS) is 18.6. The number of carboxylic acids is 1. The zero-order chi connectivity index (χ0) is 58.9. The molecule has 0 saturated carbocycles. The van der Waals surface area contributed by atoms with E-state index in [2.05, 4.69) is 130 Å². The summed E-state index contributed by atoms with van der Waals surface area (Å²) in [6.07, 6.45) is 64.5. The van der Waals surface area contributed by atoms with Gasteiger partial charge in [0.1, 0.15) is 18.8 Å². The predicted molar refractivity (Wildman–Crippen MR) is 330 cm³/mol. The number of rotatable bonds is 52. The maximum absolute atomic E-state index is 13.2. The van der Waals surface area contributed by atoms with E-state index in [0.29, 0.717) is 19.3 Å². The van der Waals surface area contributed by atoms with E-state index in [1.54, 1.807) is 0 Å². The van der Waals surface area contributed by atoms with Crippen molar-refractivity contribution in [2.24, 2.45) is 0 Å². The standard InChI is InChI=1S/C69H110O12/c1-4-7-10-13-16-19-22-25-28-30-31-33-35-37-40-43-46-49-52-55-61(70)77-58-60(79-62(71)56-53-50-47-44-41-39-36-32-29-26-23-20-17-14-11-8-5-2)59-78-69-67(65(74)64(73)66(81-69)68(75)76)80-63(72)57-54-51-48-45-42-38-34-27-24-21-18-15-12-9-6-3/h7,10,16-21,25-29,31,33-34,37,40,46,49,60,64-67,69,73-74H,4-6,8-9,11-15,22-24,30,32,35-36,38-39,41-45,47-48,50-59H2,1-3H3,(H,75,76)/b10-7-,19-16-,20-17-,21-18-,28-25-,29-26-,33-31-,34-27-,40-37-,49-46-. The Bertz CT molecular complexity index is 1870. The monoisotopic (exact) mass is 1130 g/mol. The van der Waals surface area contributed by atoms with Gasteiger partial charge in [0, 0.05) is 19.3 Å². The Balaban J connectivity index is 2.74. The summed E-state index contributed by atoms with van der Waals surface area (Å²) in [5.41, 5.74) is 0. The molecular formula is C69H110O12. The van der Waals surface area contributed by atoms with E-state index >= 15 is 0 Å². The van der Waals surface area contributed by atoms with Crippen molar-refractivity contribution in [3.05, 3.63) is 122 Å². The maximum atomic E-state index is 13.2. The Hall–Kier alpha value is -4.88. The van der Waals surface area contributed by atoms with Crippen molar-refractivity contribution in [2.75, 3.05) is 13.2 Å². The molecule has 0 spiro atoms. The van der Waals surface area contributed by atoms with Crippen LogP contribution in [0.4, 0.5) is 0 Å². The van der Waals surface area contributed by atoms with Crippen molar-refractivity contribution < 1.29 is 58.2 Å². The second-order valence-electron chi connectivity index (χ2n) is 20.9. The van der Waals surface area contributed by atoms with Gasteiger partial charge in [-0.3, -0.25) is 14.4 Å². The lowest BCUT2D eigenvalue weighted by molar-refractivity contribution is -0.301. The smallest absolute Gasteiger partial charge is 0.335 e. The summed E-state index contributed by atoms with van der Waals surface area (Å²) >= 11 is 0. The van der Waals surface area contributed by atoms with Crippen molar-refractivity contribution in [3.8, 4) is 0 Å². The molecule has 1 heterocycles. The quantitative estimate of drug-likeness (QED) is 0.0228. The first kappa shape index (κ1) is 74.1. The van der Waals surface area contributed by atoms with Crippen molar-refractivity contribution >= 4 is 23.9 Å². The Morgan fingerprint density at radius 3 is 1.23 bits per heavy atom. The lowest BCUT2D eigenvalue weighted by atomic mass is 9.98. The van der Waals surface area contributed by atoms with E-state index in [1.807, 2.05) is 12.2 Å². The highest BCUT2D eigenvalue weighted by molar-refractivity contribution is 5.74. The van der Waals surface area contributed by atoms with Crippen LogP contribution in [-0.2, 0) is 42.9 Å². The van der Waals surface area contributed by atoms with E-state index in [-0.39, 0.29) is 25.9 Å². The Kier molecular flexibility index (Phi) is 50.9. The van der Waals surface area contributed by atoms with E-state index in [0.717, 1.165) is 141 Å². The topological polar surface area (TPSA) is 175 Å². The molecule has 6 atom stereocenters. The number of aliphatic hydroxyl groups excluding tert-OH is 2. The molecule has 0 radical (unpaired) electrons. The first-order valence-electron chi connectivity index (χ1n) is 31.5. The summed E-state index contributed by atoms with van der Waals surface area (Å²) in [5, 5.41) is 31.5. The molecule has 0 aliphatic carbocycles. The number of hydrogen-bond donors (Lipinski definition) is 3. The molecule has 1 rings (SSSR count). The highest BCUT2D eigenvalue weighted by Gasteiger charge is 2.50. The van der Waals surface area contributed by atoms with Gasteiger partial charge in [-0.05, 0) is 122 Å². The molecule has 1 saturated heterocycles. The fourth-order valence-electron chi connectivity index (χ4n) is 8.69. The van der Waals surface area contributed by atoms with Gasteiger partial charge in [0.15, 0.2) is 24.6 Å². The third-order valence-electron chi connectivity index (χ3n) is 13.5. The molecule has 1 fully saturated rings. The molecule has 1 aliphatic heterocycles. The van der Waals surface area contributed by atoms with Crippen molar-refractivity contribution in [3.63, 3.8) is 0 Å². The van der Waals surface area contributed by atoms with Gasteiger partial charge in [0.25, 0.3) is 0 Å². The zero-order valence-electron chi connectivity index (χ0n) is 50.5. The molecule has 458 valence electrons. The molecule has 0 aromatic rings. The van der Waals surface area contributed by atoms with Gasteiger partial charge in [0.05, 0.1) is 6.61 Å². The highest BCUT2D eigenvalue weighted by atomic mass is 16.7. The van der Waals surface area contributed by atoms with Crippen LogP contribution in [0.1, 0.15) is 239 Å². The van der Waals surface area contributed by atoms with E-state index in [1.165, 1.54) is 38.5 Å². The molecular weight excluding hydrogens is 1020 g/mol. The van der Waals surface area contributed by atoms with Gasteiger partial charge in [0.2, 0.25) is 0 Å². The average Bonchev–Trinajstić information content (AvgIpc) is 3.53. The fraction of sp³-hybridized carbons (Fsp3) is 0.652. The van der Waals surface area contributed by atoms with Crippen LogP contribution in [0.3, 0.4) is 0 Å². The third-order valence-corrected chi connectivity index (χ3v) is 13.5. The van der Waals surface area contributed by atoms with E-state index in [9.17, 15) is 34.5 Å². The lowest BCUT2D eigenvalue weighted by Gasteiger charge is -2.40. The highest BCUT2D eigenvalue weighted by Crippen LogP contribution is 2.26. The second-order valence-corrected chi connectivity index (χ2v) is 20.9. The second kappa shape index (κ2) is 55.6. The van der Waals surface area contributed by atoms with Crippen LogP contribution in [0.2, 0.25) is 0 Å². The van der Waals surface area contributed by atoms with Gasteiger partial charge in [-0.1, -0.05) is 219 Å². The molecule has 6 unspecified atom stereocenters. The summed E-state index contributed by atoms with van der Waals surface area (Å²) in [6, 6.07) is 0. The van der Waals surface area contributed by atoms with Crippen molar-refractivity contribution in [1.82, 2.24) is 0 Å². The van der Waals surface area contributed by atoms with Gasteiger partial charge < -0.3 is 39.0 Å². The summed E-state index contributed by atoms with van der Waals surface area (Å²) < 4.78 is 28.4. The number of ether oxygens (including phenoxy) is 5. The Morgan fingerprint density at radius 1 is 0.420 bits per heavy atom. The minimum absolute atomic E-state index is 0.0306. The molecule has 0 amide bonds. The van der Waals surface area contributed by atoms with Gasteiger partial charge in [-0.15, -0.1) is 0 Å². The van der Waals surface area contributed by atoms with E-state index in [4.69, 9.17) is 23.7 Å². The number of aliphatic hydroxyl groups is 2. The molecule has 1 aliphatic rings. The molecule has 12 nitrogen and oxygen atoms in total. The maximum Gasteiger partial charge on any atom is 0.335 e. The van der Waals surface area contributed by atoms with Crippen LogP contribution in [0.25, 0.3) is 0 Å². The zero-order valence-corrected chi connectivity index (χ0v) is 50.5. The largest absolute Gasteiger partial charge is 0.479 e. The number of carbonyl (C=O) groups excluding carboxylic acids is 3. The minimum atomic E-state index is -1.92. The van der Waals surface area contributed by atoms with Gasteiger partial charge in [-0.25, -0.2) is 4.79 Å². The van der Waals surface area contributed by atoms with Crippen molar-refractivity contribution in [1.29, 1.82) is 0 Å². The minimum Gasteiger partial charge on any atom is -0.479 e. The molecule has 0 bridgehead atoms. The molecule has 12 heteroatoms. The number of aliphatic carboxylic acids is 1. The van der Waals surface area contributed by atoms with Crippen LogP contribution < -0.4 is 0 Å². The Labute approximate surface area is 490 Å². The lowest BCUT2D eigenvalue weighted by Crippen LogP contribution is -2.61. The van der Waals surface area contributed by atoms with Crippen LogP contribution in [0.15, 0.2) is 122 Å².